The number of carbonyl (C=O) groups excluding carboxylic acids is 1. The van der Waals surface area contributed by atoms with E-state index >= 15 is 0 Å². The molecule has 0 unspecified atom stereocenters. The lowest BCUT2D eigenvalue weighted by Crippen LogP contribution is -2.21. The quantitative estimate of drug-likeness (QED) is 0.884. The highest BCUT2D eigenvalue weighted by molar-refractivity contribution is 5.79. The largest absolute Gasteiger partial charge is 0.481 e. The number of rotatable bonds is 5. The molecule has 19 heavy (non-hydrogen) atoms. The molecule has 0 aromatic heterocycles. The van der Waals surface area contributed by atoms with E-state index in [1.165, 1.54) is 0 Å². The summed E-state index contributed by atoms with van der Waals surface area (Å²) in [6, 6.07) is 7.43. The molecule has 0 spiro atoms. The third-order valence-electron chi connectivity index (χ3n) is 3.42. The van der Waals surface area contributed by atoms with Gasteiger partial charge in [-0.2, -0.15) is 0 Å². The van der Waals surface area contributed by atoms with Crippen LogP contribution in [0.1, 0.15) is 36.8 Å². The number of ketones is 1. The molecule has 1 aromatic rings. The van der Waals surface area contributed by atoms with Crippen molar-refractivity contribution in [2.75, 3.05) is 0 Å². The summed E-state index contributed by atoms with van der Waals surface area (Å²) in [6.07, 6.45) is 2.89. The van der Waals surface area contributed by atoms with Gasteiger partial charge in [-0.3, -0.25) is 9.59 Å². The van der Waals surface area contributed by atoms with Gasteiger partial charge in [0.05, 0.1) is 19.1 Å². The third-order valence-corrected chi connectivity index (χ3v) is 3.42. The van der Waals surface area contributed by atoms with Crippen LogP contribution >= 0.6 is 0 Å². The van der Waals surface area contributed by atoms with Gasteiger partial charge in [0.25, 0.3) is 0 Å². The van der Waals surface area contributed by atoms with Crippen molar-refractivity contribution in [3.63, 3.8) is 0 Å². The van der Waals surface area contributed by atoms with Crippen molar-refractivity contribution in [2.24, 2.45) is 0 Å². The van der Waals surface area contributed by atoms with E-state index in [4.69, 9.17) is 9.84 Å². The summed E-state index contributed by atoms with van der Waals surface area (Å²) in [4.78, 5) is 21.9. The van der Waals surface area contributed by atoms with Gasteiger partial charge < -0.3 is 9.84 Å². The Kier molecular flexibility index (Phi) is 4.68. The van der Waals surface area contributed by atoms with E-state index in [0.29, 0.717) is 25.2 Å². The predicted octanol–water partition coefficient (Wildman–Crippen LogP) is 2.34. The molecule has 0 heterocycles. The topological polar surface area (TPSA) is 63.6 Å². The number of hydrogen-bond donors (Lipinski definition) is 1. The number of Topliss-reactive ketones (excluding diaryl/α,β-unsaturated/α-hetero) is 1. The number of carbonyl (C=O) groups is 2. The first-order valence-electron chi connectivity index (χ1n) is 6.57. The minimum atomic E-state index is -0.837. The molecule has 1 aliphatic carbocycles. The number of benzene rings is 1. The van der Waals surface area contributed by atoms with Gasteiger partial charge in [-0.05, 0) is 24.0 Å². The average molecular weight is 262 g/mol. The molecule has 1 saturated carbocycles. The van der Waals surface area contributed by atoms with Crippen molar-refractivity contribution >= 4 is 11.8 Å². The Bertz CT molecular complexity index is 457. The van der Waals surface area contributed by atoms with E-state index in [1.807, 2.05) is 24.3 Å². The summed E-state index contributed by atoms with van der Waals surface area (Å²) in [5, 5.41) is 8.86. The Morgan fingerprint density at radius 3 is 2.47 bits per heavy atom. The second-order valence-electron chi connectivity index (χ2n) is 4.89. The molecule has 4 nitrogen and oxygen atoms in total. The van der Waals surface area contributed by atoms with Crippen molar-refractivity contribution < 1.29 is 19.4 Å². The molecular weight excluding hydrogens is 244 g/mol. The highest BCUT2D eigenvalue weighted by Gasteiger charge is 2.19. The molecule has 0 saturated heterocycles. The van der Waals surface area contributed by atoms with Gasteiger partial charge in [-0.15, -0.1) is 0 Å². The Morgan fingerprint density at radius 2 is 1.84 bits per heavy atom. The average Bonchev–Trinajstić information content (AvgIpc) is 2.39. The van der Waals surface area contributed by atoms with Gasteiger partial charge in [0.2, 0.25) is 0 Å². The molecular formula is C15H18O4. The van der Waals surface area contributed by atoms with Gasteiger partial charge >= 0.3 is 5.97 Å². The fourth-order valence-electron chi connectivity index (χ4n) is 2.32. The highest BCUT2D eigenvalue weighted by Crippen LogP contribution is 2.20. The predicted molar refractivity (Wildman–Crippen MR) is 69.8 cm³/mol. The maximum Gasteiger partial charge on any atom is 0.307 e. The first kappa shape index (κ1) is 13.7. The number of ether oxygens (including phenoxy) is 1. The minimum absolute atomic E-state index is 0.0166. The lowest BCUT2D eigenvalue weighted by molar-refractivity contribution is -0.136. The maximum atomic E-state index is 11.1. The molecule has 1 aliphatic rings. The van der Waals surface area contributed by atoms with Gasteiger partial charge in [-0.1, -0.05) is 24.3 Å². The van der Waals surface area contributed by atoms with Crippen LogP contribution in [-0.2, 0) is 27.4 Å². The monoisotopic (exact) mass is 262 g/mol. The molecule has 1 fully saturated rings. The van der Waals surface area contributed by atoms with Crippen molar-refractivity contribution in [1.82, 2.24) is 0 Å². The highest BCUT2D eigenvalue weighted by atomic mass is 16.5. The summed E-state index contributed by atoms with van der Waals surface area (Å²) in [5.74, 6) is -0.526. The van der Waals surface area contributed by atoms with Gasteiger partial charge in [0, 0.05) is 12.8 Å². The van der Waals surface area contributed by atoms with Crippen LogP contribution in [0.2, 0.25) is 0 Å². The van der Waals surface area contributed by atoms with Gasteiger partial charge in [0.15, 0.2) is 0 Å². The summed E-state index contributed by atoms with van der Waals surface area (Å²) in [7, 11) is 0. The lowest BCUT2D eigenvalue weighted by atomic mass is 9.96. The first-order chi connectivity index (χ1) is 9.15. The normalized spacial score (nSPS) is 16.5. The van der Waals surface area contributed by atoms with Crippen LogP contribution in [0.3, 0.4) is 0 Å². The SMILES string of the molecule is O=C(O)Cc1ccccc1COC1CCC(=O)CC1. The number of carboxylic acid groups (broad SMARTS) is 1. The molecule has 2 rings (SSSR count). The van der Waals surface area contributed by atoms with E-state index in [9.17, 15) is 9.59 Å². The van der Waals surface area contributed by atoms with E-state index in [0.717, 1.165) is 24.0 Å². The molecule has 0 amide bonds. The van der Waals surface area contributed by atoms with Crippen molar-refractivity contribution in [2.45, 2.75) is 44.8 Å². The molecule has 1 aromatic carbocycles. The fourth-order valence-corrected chi connectivity index (χ4v) is 2.32. The summed E-state index contributed by atoms with van der Waals surface area (Å²) >= 11 is 0. The van der Waals surface area contributed by atoms with Crippen LogP contribution in [0.4, 0.5) is 0 Å². The Morgan fingerprint density at radius 1 is 1.21 bits per heavy atom. The second kappa shape index (κ2) is 6.48. The molecule has 0 radical (unpaired) electrons. The summed E-state index contributed by atoms with van der Waals surface area (Å²) in [6.45, 7) is 0.419. The molecule has 4 heteroatoms. The zero-order chi connectivity index (χ0) is 13.7. The van der Waals surface area contributed by atoms with Crippen molar-refractivity contribution in [3.8, 4) is 0 Å². The molecule has 102 valence electrons. The fraction of sp³-hybridized carbons (Fsp3) is 0.467. The van der Waals surface area contributed by atoms with Crippen LogP contribution in [0.15, 0.2) is 24.3 Å². The minimum Gasteiger partial charge on any atom is -0.481 e. The Balaban J connectivity index is 1.91. The van der Waals surface area contributed by atoms with E-state index in [2.05, 4.69) is 0 Å². The number of hydrogen-bond acceptors (Lipinski definition) is 3. The zero-order valence-electron chi connectivity index (χ0n) is 10.8. The second-order valence-corrected chi connectivity index (χ2v) is 4.89. The van der Waals surface area contributed by atoms with E-state index in [-0.39, 0.29) is 12.5 Å². The Labute approximate surface area is 112 Å². The van der Waals surface area contributed by atoms with E-state index < -0.39 is 5.97 Å². The van der Waals surface area contributed by atoms with Gasteiger partial charge in [0.1, 0.15) is 5.78 Å². The smallest absolute Gasteiger partial charge is 0.307 e. The van der Waals surface area contributed by atoms with Crippen LogP contribution in [0.5, 0.6) is 0 Å². The molecule has 0 bridgehead atoms. The van der Waals surface area contributed by atoms with Crippen molar-refractivity contribution in [1.29, 1.82) is 0 Å². The van der Waals surface area contributed by atoms with Crippen molar-refractivity contribution in [3.05, 3.63) is 35.4 Å². The number of aliphatic carboxylic acids is 1. The van der Waals surface area contributed by atoms with Crippen LogP contribution < -0.4 is 0 Å². The van der Waals surface area contributed by atoms with Crippen LogP contribution in [0.25, 0.3) is 0 Å². The maximum absolute atomic E-state index is 11.1. The van der Waals surface area contributed by atoms with Crippen LogP contribution in [0, 0.1) is 0 Å². The number of carboxylic acids is 1. The molecule has 0 aliphatic heterocycles. The lowest BCUT2D eigenvalue weighted by Gasteiger charge is -2.22. The first-order valence-corrected chi connectivity index (χ1v) is 6.57. The molecule has 1 N–H and O–H groups in total. The van der Waals surface area contributed by atoms with Crippen LogP contribution in [-0.4, -0.2) is 23.0 Å². The summed E-state index contributed by atoms with van der Waals surface area (Å²) < 4.78 is 5.79. The standard InChI is InChI=1S/C15H18O4/c16-13-5-7-14(8-6-13)19-10-12-4-2-1-3-11(12)9-15(17)18/h1-4,14H,5-10H2,(H,17,18). The van der Waals surface area contributed by atoms with E-state index in [1.54, 1.807) is 0 Å². The summed E-state index contributed by atoms with van der Waals surface area (Å²) in [5.41, 5.74) is 1.71. The zero-order valence-corrected chi connectivity index (χ0v) is 10.8. The van der Waals surface area contributed by atoms with Gasteiger partial charge in [-0.25, -0.2) is 0 Å². The molecule has 0 atom stereocenters. The Hall–Kier alpha value is -1.68. The third kappa shape index (κ3) is 4.17.